The zero-order valence-electron chi connectivity index (χ0n) is 30.9. The lowest BCUT2D eigenvalue weighted by Crippen LogP contribution is -2.61. The lowest BCUT2D eigenvalue weighted by Gasteiger charge is -2.41. The molecule has 1 aliphatic heterocycles. The first-order valence-corrected chi connectivity index (χ1v) is 19.9. The molecule has 15 heteroatoms. The minimum absolute atomic E-state index is 0.0203. The predicted molar refractivity (Wildman–Crippen MR) is 203 cm³/mol. The molecule has 1 heterocycles. The van der Waals surface area contributed by atoms with Gasteiger partial charge in [0, 0.05) is 29.6 Å². The summed E-state index contributed by atoms with van der Waals surface area (Å²) in [5.74, 6) is -1.87. The fraction of sp³-hybridized carbons (Fsp3) is 0.425. The summed E-state index contributed by atoms with van der Waals surface area (Å²) in [5.41, 5.74) is -1.94. The van der Waals surface area contributed by atoms with E-state index < -0.39 is 73.7 Å². The van der Waals surface area contributed by atoms with E-state index >= 15 is 0 Å². The van der Waals surface area contributed by atoms with E-state index in [1.807, 2.05) is 0 Å². The molecule has 3 aromatic rings. The molecule has 0 aromatic heterocycles. The number of nitrogens with one attached hydrogen (secondary N) is 3. The zero-order valence-corrected chi connectivity index (χ0v) is 32.4. The fourth-order valence-corrected chi connectivity index (χ4v) is 8.58. The van der Waals surface area contributed by atoms with Crippen molar-refractivity contribution in [3.05, 3.63) is 101 Å². The van der Waals surface area contributed by atoms with Crippen molar-refractivity contribution >= 4 is 45.0 Å². The summed E-state index contributed by atoms with van der Waals surface area (Å²) in [5, 5.41) is 5.48. The third kappa shape index (κ3) is 8.80. The Bertz CT molecular complexity index is 2120. The van der Waals surface area contributed by atoms with Crippen molar-refractivity contribution in [3.63, 3.8) is 0 Å². The number of benzene rings is 3. The lowest BCUT2D eigenvalue weighted by atomic mass is 9.84. The van der Waals surface area contributed by atoms with Gasteiger partial charge in [0.25, 0.3) is 5.91 Å². The summed E-state index contributed by atoms with van der Waals surface area (Å²) >= 11 is 6.15. The summed E-state index contributed by atoms with van der Waals surface area (Å²) in [6.07, 6.45) is -1.58. The highest BCUT2D eigenvalue weighted by molar-refractivity contribution is 7.90. The molecule has 3 aromatic carbocycles. The van der Waals surface area contributed by atoms with Gasteiger partial charge >= 0.3 is 6.18 Å². The zero-order chi connectivity index (χ0) is 40.1. The quantitative estimate of drug-likeness (QED) is 0.165. The second-order valence-electron chi connectivity index (χ2n) is 15.7. The summed E-state index contributed by atoms with van der Waals surface area (Å²) in [4.78, 5) is 44.3. The Kier molecular flexibility index (Phi) is 10.8. The summed E-state index contributed by atoms with van der Waals surface area (Å²) in [6.45, 7) is 10.5. The monoisotopic (exact) mass is 800 g/mol. The Hall–Kier alpha value is -4.56. The average Bonchev–Trinajstić information content (AvgIpc) is 4.05. The third-order valence-electron chi connectivity index (χ3n) is 10.6. The Morgan fingerprint density at radius 1 is 1.00 bits per heavy atom. The van der Waals surface area contributed by atoms with E-state index in [0.29, 0.717) is 27.6 Å². The number of ether oxygens (including phenoxy) is 1. The normalized spacial score (nSPS) is 22.1. The van der Waals surface area contributed by atoms with E-state index in [0.717, 1.165) is 25.0 Å². The summed E-state index contributed by atoms with van der Waals surface area (Å²) in [6, 6.07) is 14.3. The van der Waals surface area contributed by atoms with E-state index in [1.54, 1.807) is 70.2 Å². The van der Waals surface area contributed by atoms with Gasteiger partial charge in [-0.15, -0.1) is 6.58 Å². The van der Waals surface area contributed by atoms with Crippen molar-refractivity contribution in [1.29, 1.82) is 0 Å². The van der Waals surface area contributed by atoms with Crippen LogP contribution in [-0.4, -0.2) is 53.9 Å². The highest BCUT2D eigenvalue weighted by Gasteiger charge is 2.61. The van der Waals surface area contributed by atoms with Gasteiger partial charge in [0.2, 0.25) is 21.8 Å². The van der Waals surface area contributed by atoms with Gasteiger partial charge in [-0.05, 0) is 97.2 Å². The van der Waals surface area contributed by atoms with Crippen LogP contribution in [-0.2, 0) is 43.5 Å². The second kappa shape index (κ2) is 14.8. The van der Waals surface area contributed by atoms with Crippen molar-refractivity contribution in [2.75, 3.05) is 5.32 Å². The molecule has 55 heavy (non-hydrogen) atoms. The van der Waals surface area contributed by atoms with Crippen LogP contribution >= 0.6 is 11.6 Å². The first-order chi connectivity index (χ1) is 25.7. The highest BCUT2D eigenvalue weighted by Crippen LogP contribution is 2.46. The number of sulfonamides is 1. The van der Waals surface area contributed by atoms with Crippen LogP contribution in [0, 0.1) is 17.3 Å². The number of carbonyl (C=O) groups excluding carboxylic acids is 3. The summed E-state index contributed by atoms with van der Waals surface area (Å²) in [7, 11) is -4.05. The molecule has 2 saturated carbocycles. The van der Waals surface area contributed by atoms with Crippen molar-refractivity contribution in [2.45, 2.75) is 89.0 Å². The number of rotatable bonds is 12. The third-order valence-corrected chi connectivity index (χ3v) is 12.7. The van der Waals surface area contributed by atoms with Gasteiger partial charge in [0.15, 0.2) is 0 Å². The van der Waals surface area contributed by atoms with E-state index in [1.165, 1.54) is 23.1 Å². The molecule has 0 saturated heterocycles. The smallest absolute Gasteiger partial charge is 0.416 e. The van der Waals surface area contributed by atoms with Crippen LogP contribution in [0.1, 0.15) is 63.6 Å². The van der Waals surface area contributed by atoms with Crippen LogP contribution in [0.25, 0.3) is 0 Å². The van der Waals surface area contributed by atoms with E-state index in [2.05, 4.69) is 21.9 Å². The molecule has 0 spiro atoms. The van der Waals surface area contributed by atoms with Crippen molar-refractivity contribution in [2.24, 2.45) is 17.3 Å². The lowest BCUT2D eigenvalue weighted by molar-refractivity contribution is -0.145. The maximum Gasteiger partial charge on any atom is 0.416 e. The van der Waals surface area contributed by atoms with E-state index in [9.17, 15) is 36.0 Å². The van der Waals surface area contributed by atoms with Crippen LogP contribution in [0.5, 0.6) is 11.5 Å². The van der Waals surface area contributed by atoms with Gasteiger partial charge in [0.05, 0.1) is 10.8 Å². The summed E-state index contributed by atoms with van der Waals surface area (Å²) < 4.78 is 75.4. The predicted octanol–water partition coefficient (Wildman–Crippen LogP) is 7.24. The number of halogens is 4. The van der Waals surface area contributed by atoms with Gasteiger partial charge in [0.1, 0.15) is 29.1 Å². The largest absolute Gasteiger partial charge is 0.457 e. The highest BCUT2D eigenvalue weighted by atomic mass is 35.5. The molecule has 0 bridgehead atoms. The Morgan fingerprint density at radius 2 is 1.69 bits per heavy atom. The number of amides is 3. The number of anilines is 1. The molecule has 2 aliphatic carbocycles. The Labute approximate surface area is 323 Å². The van der Waals surface area contributed by atoms with E-state index in [4.69, 9.17) is 16.3 Å². The minimum atomic E-state index is -4.61. The van der Waals surface area contributed by atoms with Crippen molar-refractivity contribution < 1.29 is 40.7 Å². The number of hydrogen-bond donors (Lipinski definition) is 3. The number of fused-ring (bicyclic) bond motifs is 1. The topological polar surface area (TPSA) is 134 Å². The van der Waals surface area contributed by atoms with Gasteiger partial charge in [-0.3, -0.25) is 19.1 Å². The van der Waals surface area contributed by atoms with Gasteiger partial charge < -0.3 is 20.3 Å². The molecule has 3 aliphatic rings. The Balaban J connectivity index is 1.33. The van der Waals surface area contributed by atoms with Crippen LogP contribution < -0.4 is 20.1 Å². The van der Waals surface area contributed by atoms with Crippen molar-refractivity contribution in [3.8, 4) is 11.5 Å². The molecule has 2 fully saturated rings. The SMILES string of the molecule is C=C[C@@H]1C[C@]1(NC(=O)[C@@H]1Cc2cc(Oc3cccc(Cl)c3)ccc2CN1C(=O)[C@@H](Nc1cccc(C(F)(F)F)c1)C(C)(C)C)C(=O)NS(=O)(=O)C(C)C1CC1. The standard InChI is InChI=1S/C40H44ClF3N4O6S/c1-6-27-21-39(27,37(51)47-55(52,53)23(2)24-13-14-24)46-35(49)33-18-26-17-32(54-31-12-8-10-29(41)20-31)16-15-25(26)22-48(33)36(50)34(38(3,4)5)45-30-11-7-9-28(19-30)40(42,43)44/h6-12,15-17,19-20,23-24,27,33-34,45H,1,13-14,18,21-22H2,2-5H3,(H,46,49)(H,47,51)/t23?,27-,33+,34-,39-/m1/s1. The number of hydrogen-bond acceptors (Lipinski definition) is 7. The van der Waals surface area contributed by atoms with Crippen LogP contribution in [0.15, 0.2) is 79.4 Å². The molecule has 5 atom stereocenters. The van der Waals surface area contributed by atoms with Crippen molar-refractivity contribution in [1.82, 2.24) is 14.9 Å². The van der Waals surface area contributed by atoms with Crippen LogP contribution in [0.4, 0.5) is 18.9 Å². The first kappa shape index (κ1) is 40.1. The minimum Gasteiger partial charge on any atom is -0.457 e. The molecule has 3 amide bonds. The molecule has 0 radical (unpaired) electrons. The average molecular weight is 801 g/mol. The second-order valence-corrected chi connectivity index (χ2v) is 18.2. The molecule has 1 unspecified atom stereocenters. The Morgan fingerprint density at radius 3 is 2.31 bits per heavy atom. The van der Waals surface area contributed by atoms with Gasteiger partial charge in [-0.1, -0.05) is 56.6 Å². The molecule has 6 rings (SSSR count). The molecular weight excluding hydrogens is 757 g/mol. The van der Waals surface area contributed by atoms with E-state index in [-0.39, 0.29) is 31.0 Å². The first-order valence-electron chi connectivity index (χ1n) is 18.0. The molecular formula is C40H44ClF3N4O6S. The number of alkyl halides is 3. The fourth-order valence-electron chi connectivity index (χ4n) is 6.99. The molecule has 10 nitrogen and oxygen atoms in total. The van der Waals surface area contributed by atoms with Crippen LogP contribution in [0.3, 0.4) is 0 Å². The number of nitrogens with zero attached hydrogens (tertiary/aromatic N) is 1. The molecule has 3 N–H and O–H groups in total. The van der Waals surface area contributed by atoms with Gasteiger partial charge in [-0.25, -0.2) is 8.42 Å². The number of carbonyl (C=O) groups is 3. The van der Waals surface area contributed by atoms with Gasteiger partial charge in [-0.2, -0.15) is 13.2 Å². The molecule has 294 valence electrons. The van der Waals surface area contributed by atoms with Crippen LogP contribution in [0.2, 0.25) is 5.02 Å². The maximum atomic E-state index is 14.7. The maximum absolute atomic E-state index is 14.7.